The van der Waals surface area contributed by atoms with Crippen molar-refractivity contribution in [3.05, 3.63) is 0 Å². The van der Waals surface area contributed by atoms with E-state index in [0.29, 0.717) is 0 Å². The van der Waals surface area contributed by atoms with Crippen LogP contribution in [0.3, 0.4) is 0 Å². The Morgan fingerprint density at radius 1 is 0.480 bits per heavy atom. The third kappa shape index (κ3) is 52.1. The van der Waals surface area contributed by atoms with Crippen LogP contribution in [-0.2, 0) is 0 Å². The van der Waals surface area contributed by atoms with E-state index in [9.17, 15) is 0 Å². The zero-order valence-corrected chi connectivity index (χ0v) is 24.3. The van der Waals surface area contributed by atoms with Crippen LogP contribution < -0.4 is 0 Å². The number of hydrogen-bond acceptors (Lipinski definition) is 6. The average Bonchev–Trinajstić information content (AvgIpc) is 2.61. The van der Waals surface area contributed by atoms with Crippen LogP contribution in [0.15, 0.2) is 0 Å². The Balaban J connectivity index is -0.000000130. The van der Waals surface area contributed by atoms with Gasteiger partial charge < -0.3 is 0 Å². The first-order valence-corrected chi connectivity index (χ1v) is 14.7. The smallest absolute Gasteiger partial charge is 0.179 e. The molecule has 0 aliphatic rings. The van der Waals surface area contributed by atoms with Gasteiger partial charge >= 0.3 is 24.4 Å². The molecule has 0 saturated heterocycles. The third-order valence-corrected chi connectivity index (χ3v) is 7.42. The third-order valence-electron chi connectivity index (χ3n) is 2.63. The summed E-state index contributed by atoms with van der Waals surface area (Å²) in [5.74, 6) is 10.7. The molecular formula is C18H42S6Sb+3. The van der Waals surface area contributed by atoms with Crippen LogP contribution in [0, 0.1) is 0 Å². The fourth-order valence-electron chi connectivity index (χ4n) is 1.24. The summed E-state index contributed by atoms with van der Waals surface area (Å²) < 4.78 is 0. The van der Waals surface area contributed by atoms with Crippen LogP contribution in [0.4, 0.5) is 0 Å². The number of thiol groups is 3. The van der Waals surface area contributed by atoms with Gasteiger partial charge in [-0.05, 0) is 53.8 Å². The standard InChI is InChI=1S/3C6H14S2.Sb/c3*1-2-3-5-8-6-4-7;/h3*7H,2-6H2,1H3;/q;;;+3. The minimum atomic E-state index is 0. The Hall–Kier alpha value is 2.92. The molecule has 0 atom stereocenters. The van der Waals surface area contributed by atoms with Crippen LogP contribution in [0.1, 0.15) is 59.3 Å². The maximum atomic E-state index is 4.10. The first-order valence-electron chi connectivity index (χ1n) is 9.30. The maximum Gasteiger partial charge on any atom is 3.00 e. The molecule has 0 aromatic rings. The minimum absolute atomic E-state index is 0. The maximum absolute atomic E-state index is 4.10. The number of hydrogen-bond donors (Lipinski definition) is 3. The van der Waals surface area contributed by atoms with Crippen molar-refractivity contribution in [1.82, 2.24) is 0 Å². The topological polar surface area (TPSA) is 0 Å². The van der Waals surface area contributed by atoms with Gasteiger partial charge in [-0.1, -0.05) is 40.0 Å². The van der Waals surface area contributed by atoms with Crippen molar-refractivity contribution in [3.63, 3.8) is 0 Å². The van der Waals surface area contributed by atoms with Crippen molar-refractivity contribution in [3.8, 4) is 0 Å². The molecule has 0 rings (SSSR count). The first-order chi connectivity index (χ1) is 11.7. The van der Waals surface area contributed by atoms with E-state index in [1.54, 1.807) is 0 Å². The normalized spacial score (nSPS) is 9.36. The van der Waals surface area contributed by atoms with Crippen LogP contribution >= 0.6 is 73.2 Å². The Morgan fingerprint density at radius 2 is 0.720 bits per heavy atom. The molecule has 0 saturated carbocycles. The quantitative estimate of drug-likeness (QED) is 0.110. The van der Waals surface area contributed by atoms with Gasteiger partial charge in [0.05, 0.1) is 0 Å². The van der Waals surface area contributed by atoms with E-state index in [2.05, 4.69) is 58.7 Å². The summed E-state index contributed by atoms with van der Waals surface area (Å²) in [5, 5.41) is 0. The average molecular weight is 573 g/mol. The molecule has 2 radical (unpaired) electrons. The number of unbranched alkanes of at least 4 members (excludes halogenated alkanes) is 3. The van der Waals surface area contributed by atoms with Crippen LogP contribution in [0.5, 0.6) is 0 Å². The van der Waals surface area contributed by atoms with Gasteiger partial charge in [0.25, 0.3) is 0 Å². The summed E-state index contributed by atoms with van der Waals surface area (Å²) in [6.07, 6.45) is 8.04. The van der Waals surface area contributed by atoms with Crippen molar-refractivity contribution < 1.29 is 0 Å². The molecule has 0 bridgehead atoms. The van der Waals surface area contributed by atoms with E-state index in [0.717, 1.165) is 17.3 Å². The Kier molecular flexibility index (Phi) is 58.5. The molecule has 0 heterocycles. The summed E-state index contributed by atoms with van der Waals surface area (Å²) in [4.78, 5) is 0. The number of rotatable bonds is 15. The molecule has 7 heteroatoms. The van der Waals surface area contributed by atoms with E-state index in [1.165, 1.54) is 73.0 Å². The number of thioether (sulfide) groups is 3. The second kappa shape index (κ2) is 41.3. The SMILES string of the molecule is CCCCSCCS.CCCCSCCS.CCCCSCCS.[Sb+3]. The predicted molar refractivity (Wildman–Crippen MR) is 144 cm³/mol. The van der Waals surface area contributed by atoms with E-state index >= 15 is 0 Å². The monoisotopic (exact) mass is 571 g/mol. The molecular weight excluding hydrogens is 530 g/mol. The van der Waals surface area contributed by atoms with Crippen LogP contribution in [0.25, 0.3) is 0 Å². The van der Waals surface area contributed by atoms with Gasteiger partial charge in [-0.2, -0.15) is 73.2 Å². The summed E-state index contributed by atoms with van der Waals surface area (Å²) in [6.45, 7) is 6.67. The van der Waals surface area contributed by atoms with Gasteiger partial charge in [-0.3, -0.25) is 0 Å². The van der Waals surface area contributed by atoms with E-state index in [4.69, 9.17) is 0 Å². The van der Waals surface area contributed by atoms with Gasteiger partial charge in [-0.25, -0.2) is 0 Å². The fourth-order valence-corrected chi connectivity index (χ4v) is 4.88. The van der Waals surface area contributed by atoms with Gasteiger partial charge in [0.2, 0.25) is 0 Å². The zero-order valence-electron chi connectivity index (χ0n) is 16.6. The predicted octanol–water partition coefficient (Wildman–Crippen LogP) is 6.97. The second-order valence-electron chi connectivity index (χ2n) is 5.07. The fraction of sp³-hybridized carbons (Fsp3) is 1.00. The molecule has 0 N–H and O–H groups in total. The van der Waals surface area contributed by atoms with Gasteiger partial charge in [0.15, 0.2) is 0 Å². The van der Waals surface area contributed by atoms with E-state index < -0.39 is 0 Å². The van der Waals surface area contributed by atoms with Crippen molar-refractivity contribution in [1.29, 1.82) is 0 Å². The van der Waals surface area contributed by atoms with E-state index in [-0.39, 0.29) is 24.4 Å². The zero-order chi connectivity index (χ0) is 18.7. The Labute approximate surface area is 206 Å². The summed E-state index contributed by atoms with van der Waals surface area (Å²) in [7, 11) is 0. The molecule has 0 fully saturated rings. The van der Waals surface area contributed by atoms with Crippen LogP contribution in [-0.4, -0.2) is 76.2 Å². The Bertz CT molecular complexity index is 129. The van der Waals surface area contributed by atoms with Crippen LogP contribution in [0.2, 0.25) is 0 Å². The van der Waals surface area contributed by atoms with E-state index in [1.807, 2.05) is 35.3 Å². The molecule has 152 valence electrons. The molecule has 25 heavy (non-hydrogen) atoms. The second-order valence-corrected chi connectivity index (χ2v) is 10.1. The molecule has 0 aromatic carbocycles. The van der Waals surface area contributed by atoms with Crippen molar-refractivity contribution >= 4 is 97.6 Å². The Morgan fingerprint density at radius 3 is 0.880 bits per heavy atom. The molecule has 0 aliphatic carbocycles. The molecule has 0 amide bonds. The largest absolute Gasteiger partial charge is 3.00 e. The molecule has 0 unspecified atom stereocenters. The van der Waals surface area contributed by atoms with Crippen molar-refractivity contribution in [2.75, 3.05) is 51.8 Å². The van der Waals surface area contributed by atoms with Gasteiger partial charge in [0, 0.05) is 17.3 Å². The van der Waals surface area contributed by atoms with Gasteiger partial charge in [0.1, 0.15) is 0 Å². The van der Waals surface area contributed by atoms with Crippen molar-refractivity contribution in [2.24, 2.45) is 0 Å². The molecule has 0 aromatic heterocycles. The first kappa shape index (κ1) is 35.4. The van der Waals surface area contributed by atoms with Crippen molar-refractivity contribution in [2.45, 2.75) is 59.3 Å². The summed E-state index contributed by atoms with van der Waals surface area (Å²) in [5.41, 5.74) is 0. The summed E-state index contributed by atoms with van der Waals surface area (Å²) in [6, 6.07) is 0. The minimum Gasteiger partial charge on any atom is -0.179 e. The molecule has 0 aliphatic heterocycles. The summed E-state index contributed by atoms with van der Waals surface area (Å²) >= 11 is 18.3. The molecule has 0 spiro atoms. The van der Waals surface area contributed by atoms with Gasteiger partial charge in [-0.15, -0.1) is 0 Å². The molecule has 0 nitrogen and oxygen atoms in total.